The zero-order valence-corrected chi connectivity index (χ0v) is 11.0. The maximum atomic E-state index is 12.4. The van der Waals surface area contributed by atoms with Crippen molar-refractivity contribution in [3.63, 3.8) is 0 Å². The van der Waals surface area contributed by atoms with Crippen LogP contribution < -0.4 is 0 Å². The minimum atomic E-state index is -3.18. The molecule has 0 amide bonds. The molecule has 0 aromatic heterocycles. The Morgan fingerprint density at radius 3 is 1.88 bits per heavy atom. The van der Waals surface area contributed by atoms with Gasteiger partial charge >= 0.3 is 0 Å². The molecule has 3 heteroatoms. The van der Waals surface area contributed by atoms with Crippen LogP contribution in [-0.4, -0.2) is 13.2 Å². The summed E-state index contributed by atoms with van der Waals surface area (Å²) < 4.78 is 24.3. The molecule has 0 spiro atoms. The summed E-state index contributed by atoms with van der Waals surface area (Å²) in [6, 6.07) is 7.14. The van der Waals surface area contributed by atoms with Crippen LogP contribution in [0, 0.1) is 18.8 Å². The first-order valence-electron chi connectivity index (χ1n) is 5.63. The van der Waals surface area contributed by atoms with Gasteiger partial charge in [0.15, 0.2) is 9.84 Å². The first kappa shape index (κ1) is 11.6. The van der Waals surface area contributed by atoms with E-state index < -0.39 is 14.6 Å². The third-order valence-electron chi connectivity index (χ3n) is 4.36. The highest BCUT2D eigenvalue weighted by atomic mass is 32.2. The van der Waals surface area contributed by atoms with Gasteiger partial charge in [-0.3, -0.25) is 0 Å². The molecule has 0 saturated heterocycles. The second-order valence-electron chi connectivity index (χ2n) is 5.08. The van der Waals surface area contributed by atoms with Gasteiger partial charge in [-0.2, -0.15) is 0 Å². The van der Waals surface area contributed by atoms with E-state index in [4.69, 9.17) is 0 Å². The molecule has 0 N–H and O–H groups in total. The molecule has 0 radical (unpaired) electrons. The second-order valence-corrected chi connectivity index (χ2v) is 7.44. The first-order chi connectivity index (χ1) is 7.31. The minimum Gasteiger partial charge on any atom is -0.223 e. The van der Waals surface area contributed by atoms with Gasteiger partial charge in [0.05, 0.1) is 9.64 Å². The van der Waals surface area contributed by atoms with Crippen molar-refractivity contribution in [2.24, 2.45) is 11.8 Å². The van der Waals surface area contributed by atoms with Gasteiger partial charge in [0.25, 0.3) is 0 Å². The summed E-state index contributed by atoms with van der Waals surface area (Å²) in [5.41, 5.74) is 1.08. The molecule has 88 valence electrons. The number of sulfone groups is 1. The molecule has 1 aromatic rings. The monoisotopic (exact) mass is 238 g/mol. The summed E-state index contributed by atoms with van der Waals surface area (Å²) in [7, 11) is -3.18. The van der Waals surface area contributed by atoms with Crippen LogP contribution in [0.4, 0.5) is 0 Å². The second kappa shape index (κ2) is 3.33. The van der Waals surface area contributed by atoms with Crippen molar-refractivity contribution in [1.29, 1.82) is 0 Å². The molecule has 2 rings (SSSR count). The van der Waals surface area contributed by atoms with Crippen molar-refractivity contribution in [3.05, 3.63) is 29.8 Å². The Labute approximate surface area is 97.6 Å². The van der Waals surface area contributed by atoms with Gasteiger partial charge in [-0.15, -0.1) is 0 Å². The van der Waals surface area contributed by atoms with Crippen LogP contribution in [0.1, 0.15) is 26.3 Å². The smallest absolute Gasteiger partial charge is 0.184 e. The zero-order valence-electron chi connectivity index (χ0n) is 10.2. The predicted molar refractivity (Wildman–Crippen MR) is 65.1 cm³/mol. The lowest BCUT2D eigenvalue weighted by Gasteiger charge is -2.13. The Hall–Kier alpha value is -0.830. The standard InChI is InChI=1S/C13H18O2S/c1-9-5-7-12(8-6-9)16(14,15)13(4)10(2)11(13)3/h5-8,10-11H,1-4H3/t10-,11+,13?. The number of hydrogen-bond donors (Lipinski definition) is 0. The first-order valence-corrected chi connectivity index (χ1v) is 7.11. The van der Waals surface area contributed by atoms with E-state index in [0.29, 0.717) is 4.90 Å². The summed E-state index contributed by atoms with van der Waals surface area (Å²) >= 11 is 0. The molecule has 1 aliphatic carbocycles. The van der Waals surface area contributed by atoms with Crippen molar-refractivity contribution in [2.45, 2.75) is 37.3 Å². The van der Waals surface area contributed by atoms with Gasteiger partial charge in [0, 0.05) is 0 Å². The SMILES string of the molecule is Cc1ccc(S(=O)(=O)C2(C)[C@H](C)[C@@H]2C)cc1. The van der Waals surface area contributed by atoms with Gasteiger partial charge < -0.3 is 0 Å². The molecule has 1 fully saturated rings. The fraction of sp³-hybridized carbons (Fsp3) is 0.538. The van der Waals surface area contributed by atoms with Gasteiger partial charge in [0.2, 0.25) is 0 Å². The molecule has 1 unspecified atom stereocenters. The molecule has 16 heavy (non-hydrogen) atoms. The number of benzene rings is 1. The lowest BCUT2D eigenvalue weighted by molar-refractivity contribution is 0.574. The van der Waals surface area contributed by atoms with Crippen molar-refractivity contribution in [1.82, 2.24) is 0 Å². The maximum Gasteiger partial charge on any atom is 0.184 e. The highest BCUT2D eigenvalue weighted by molar-refractivity contribution is 7.93. The third-order valence-corrected chi connectivity index (χ3v) is 7.15. The highest BCUT2D eigenvalue weighted by Gasteiger charge is 2.64. The lowest BCUT2D eigenvalue weighted by atomic mass is 10.2. The molecule has 2 nitrogen and oxygen atoms in total. The van der Waals surface area contributed by atoms with E-state index in [0.717, 1.165) is 5.56 Å². The molecule has 0 bridgehead atoms. The highest BCUT2D eigenvalue weighted by Crippen LogP contribution is 2.57. The van der Waals surface area contributed by atoms with Gasteiger partial charge in [-0.1, -0.05) is 31.5 Å². The number of hydrogen-bond acceptors (Lipinski definition) is 2. The third kappa shape index (κ3) is 1.34. The average Bonchev–Trinajstić information content (AvgIpc) is 2.72. The van der Waals surface area contributed by atoms with Crippen LogP contribution >= 0.6 is 0 Å². The largest absolute Gasteiger partial charge is 0.223 e. The van der Waals surface area contributed by atoms with Gasteiger partial charge in [0.1, 0.15) is 0 Å². The summed E-state index contributed by atoms with van der Waals surface area (Å²) in [6.45, 7) is 7.84. The summed E-state index contributed by atoms with van der Waals surface area (Å²) in [4.78, 5) is 0.455. The summed E-state index contributed by atoms with van der Waals surface area (Å²) in [6.07, 6.45) is 0. The fourth-order valence-electron chi connectivity index (χ4n) is 2.41. The molecule has 0 heterocycles. The summed E-state index contributed by atoms with van der Waals surface area (Å²) in [5, 5.41) is 0. The van der Waals surface area contributed by atoms with Crippen molar-refractivity contribution < 1.29 is 8.42 Å². The number of aryl methyl sites for hydroxylation is 1. The van der Waals surface area contributed by atoms with E-state index >= 15 is 0 Å². The molecule has 1 saturated carbocycles. The quantitative estimate of drug-likeness (QED) is 0.794. The maximum absolute atomic E-state index is 12.4. The van der Waals surface area contributed by atoms with Crippen LogP contribution in [0.2, 0.25) is 0 Å². The molecule has 0 aliphatic heterocycles. The number of rotatable bonds is 2. The van der Waals surface area contributed by atoms with E-state index in [1.165, 1.54) is 0 Å². The van der Waals surface area contributed by atoms with E-state index in [2.05, 4.69) is 0 Å². The van der Waals surface area contributed by atoms with Crippen LogP contribution in [0.3, 0.4) is 0 Å². The zero-order chi connectivity index (χ0) is 12.1. The Morgan fingerprint density at radius 2 is 1.50 bits per heavy atom. The van der Waals surface area contributed by atoms with Crippen LogP contribution in [0.15, 0.2) is 29.2 Å². The Kier molecular flexibility index (Phi) is 2.42. The Morgan fingerprint density at radius 1 is 1.06 bits per heavy atom. The lowest BCUT2D eigenvalue weighted by Crippen LogP contribution is -2.23. The van der Waals surface area contributed by atoms with Crippen LogP contribution in [0.5, 0.6) is 0 Å². The van der Waals surface area contributed by atoms with Crippen LogP contribution in [0.25, 0.3) is 0 Å². The average molecular weight is 238 g/mol. The molecular formula is C13H18O2S. The Balaban J connectivity index is 2.45. The van der Waals surface area contributed by atoms with Gasteiger partial charge in [-0.05, 0) is 37.8 Å². The Bertz CT molecular complexity index is 491. The van der Waals surface area contributed by atoms with Crippen LogP contribution in [-0.2, 0) is 9.84 Å². The topological polar surface area (TPSA) is 34.1 Å². The molecule has 1 aromatic carbocycles. The normalized spacial score (nSPS) is 33.8. The molecular weight excluding hydrogens is 220 g/mol. The fourth-order valence-corrected chi connectivity index (χ4v) is 4.73. The van der Waals surface area contributed by atoms with Crippen molar-refractivity contribution >= 4 is 9.84 Å². The van der Waals surface area contributed by atoms with E-state index in [9.17, 15) is 8.42 Å². The van der Waals surface area contributed by atoms with E-state index in [1.807, 2.05) is 39.8 Å². The van der Waals surface area contributed by atoms with Crippen molar-refractivity contribution in [2.75, 3.05) is 0 Å². The predicted octanol–water partition coefficient (Wildman–Crippen LogP) is 2.81. The van der Waals surface area contributed by atoms with Crippen molar-refractivity contribution in [3.8, 4) is 0 Å². The van der Waals surface area contributed by atoms with E-state index in [1.54, 1.807) is 12.1 Å². The summed E-state index contributed by atoms with van der Waals surface area (Å²) in [5.74, 6) is 0.498. The van der Waals surface area contributed by atoms with Gasteiger partial charge in [-0.25, -0.2) is 8.42 Å². The molecule has 3 atom stereocenters. The van der Waals surface area contributed by atoms with E-state index in [-0.39, 0.29) is 11.8 Å². The minimum absolute atomic E-state index is 0.249. The molecule has 1 aliphatic rings.